The van der Waals surface area contributed by atoms with E-state index in [1.807, 2.05) is 27.7 Å². The summed E-state index contributed by atoms with van der Waals surface area (Å²) in [5.74, 6) is 0.632. The van der Waals surface area contributed by atoms with Crippen molar-refractivity contribution < 1.29 is 9.53 Å². The van der Waals surface area contributed by atoms with Crippen molar-refractivity contribution in [3.63, 3.8) is 0 Å². The number of hydrogen-bond acceptors (Lipinski definition) is 3. The Kier molecular flexibility index (Phi) is 10.6. The molecule has 0 fully saturated rings. The van der Waals surface area contributed by atoms with Crippen molar-refractivity contribution in [2.45, 2.75) is 34.6 Å². The predicted octanol–water partition coefficient (Wildman–Crippen LogP) is 3.53. The lowest BCUT2D eigenvalue weighted by Crippen LogP contribution is -1.99. The Morgan fingerprint density at radius 3 is 2.00 bits per heavy atom. The van der Waals surface area contributed by atoms with E-state index in [2.05, 4.69) is 0 Å². The second-order valence-corrected chi connectivity index (χ2v) is 2.51. The number of nitrogens with two attached hydrogens (primary N) is 1. The topological polar surface area (TPSA) is 52.3 Å². The first kappa shape index (κ1) is 16.9. The largest absolute Gasteiger partial charge is 0.497 e. The predicted molar refractivity (Wildman–Crippen MR) is 70.1 cm³/mol. The lowest BCUT2D eigenvalue weighted by molar-refractivity contribution is 0.101. The number of rotatable bonds is 2. The molecular formula is C13H23NO2. The van der Waals surface area contributed by atoms with Crippen molar-refractivity contribution in [3.05, 3.63) is 23.8 Å². The van der Waals surface area contributed by atoms with Crippen LogP contribution in [0, 0.1) is 0 Å². The van der Waals surface area contributed by atoms with Gasteiger partial charge in [0.2, 0.25) is 0 Å². The normalized spacial score (nSPS) is 7.88. The Hall–Kier alpha value is -1.51. The number of carbonyl (C=O) groups is 1. The molecule has 0 saturated carbocycles. The number of methoxy groups -OCH3 is 1. The average Bonchev–Trinajstić information content (AvgIpc) is 2.33. The zero-order valence-electron chi connectivity index (χ0n) is 11.1. The van der Waals surface area contributed by atoms with Gasteiger partial charge in [0, 0.05) is 17.3 Å². The van der Waals surface area contributed by atoms with E-state index in [0.717, 1.165) is 0 Å². The van der Waals surface area contributed by atoms with E-state index in [1.54, 1.807) is 25.3 Å². The lowest BCUT2D eigenvalue weighted by Gasteiger charge is -2.03. The minimum atomic E-state index is -0.0323. The Labute approximate surface area is 98.6 Å². The van der Waals surface area contributed by atoms with E-state index in [1.165, 1.54) is 6.92 Å². The van der Waals surface area contributed by atoms with E-state index in [9.17, 15) is 4.79 Å². The van der Waals surface area contributed by atoms with E-state index in [-0.39, 0.29) is 5.78 Å². The Bertz CT molecular complexity index is 309. The fourth-order valence-corrected chi connectivity index (χ4v) is 0.988. The average molecular weight is 225 g/mol. The van der Waals surface area contributed by atoms with Gasteiger partial charge in [-0.05, 0) is 19.1 Å². The minimum Gasteiger partial charge on any atom is -0.497 e. The summed E-state index contributed by atoms with van der Waals surface area (Å²) >= 11 is 0. The highest BCUT2D eigenvalue weighted by Crippen LogP contribution is 2.19. The van der Waals surface area contributed by atoms with Crippen LogP contribution in [0.25, 0.3) is 0 Å². The van der Waals surface area contributed by atoms with E-state index in [4.69, 9.17) is 10.5 Å². The van der Waals surface area contributed by atoms with Gasteiger partial charge in [0.05, 0.1) is 7.11 Å². The molecule has 0 atom stereocenters. The molecule has 0 saturated heterocycles. The fourth-order valence-electron chi connectivity index (χ4n) is 0.988. The SMILES string of the molecule is CC.CC.COc1ccc(C(C)=O)c(N)c1. The molecule has 0 radical (unpaired) electrons. The molecule has 1 rings (SSSR count). The highest BCUT2D eigenvalue weighted by atomic mass is 16.5. The van der Waals surface area contributed by atoms with Crippen LogP contribution in [-0.4, -0.2) is 12.9 Å². The third-order valence-corrected chi connectivity index (χ3v) is 1.64. The lowest BCUT2D eigenvalue weighted by atomic mass is 10.1. The van der Waals surface area contributed by atoms with E-state index < -0.39 is 0 Å². The summed E-state index contributed by atoms with van der Waals surface area (Å²) in [7, 11) is 1.56. The summed E-state index contributed by atoms with van der Waals surface area (Å²) in [6.45, 7) is 9.48. The Morgan fingerprint density at radius 1 is 1.19 bits per heavy atom. The van der Waals surface area contributed by atoms with Gasteiger partial charge in [0.15, 0.2) is 5.78 Å². The number of ketones is 1. The zero-order chi connectivity index (χ0) is 13.1. The van der Waals surface area contributed by atoms with Gasteiger partial charge in [0.25, 0.3) is 0 Å². The third kappa shape index (κ3) is 5.39. The molecule has 0 aliphatic heterocycles. The van der Waals surface area contributed by atoms with Crippen LogP contribution in [0.15, 0.2) is 18.2 Å². The summed E-state index contributed by atoms with van der Waals surface area (Å²) in [5, 5.41) is 0. The molecule has 1 aromatic rings. The molecule has 0 spiro atoms. The molecular weight excluding hydrogens is 202 g/mol. The van der Waals surface area contributed by atoms with Crippen LogP contribution < -0.4 is 10.5 Å². The van der Waals surface area contributed by atoms with Crippen LogP contribution in [0.2, 0.25) is 0 Å². The summed E-state index contributed by atoms with van der Waals surface area (Å²) < 4.78 is 4.94. The summed E-state index contributed by atoms with van der Waals surface area (Å²) in [5.41, 5.74) is 6.59. The van der Waals surface area contributed by atoms with Crippen molar-refractivity contribution in [2.24, 2.45) is 0 Å². The molecule has 3 heteroatoms. The first-order valence-electron chi connectivity index (χ1n) is 5.59. The number of ether oxygens (including phenoxy) is 1. The van der Waals surface area contributed by atoms with Crippen molar-refractivity contribution in [1.29, 1.82) is 0 Å². The Balaban J connectivity index is 0. The van der Waals surface area contributed by atoms with Crippen LogP contribution in [0.5, 0.6) is 5.75 Å². The number of nitrogen functional groups attached to an aromatic ring is 1. The van der Waals surface area contributed by atoms with Gasteiger partial charge >= 0.3 is 0 Å². The molecule has 0 aliphatic carbocycles. The summed E-state index contributed by atoms with van der Waals surface area (Å²) in [4.78, 5) is 10.9. The van der Waals surface area contributed by atoms with Crippen molar-refractivity contribution in [3.8, 4) is 5.75 Å². The molecule has 0 bridgehead atoms. The van der Waals surface area contributed by atoms with Gasteiger partial charge in [-0.15, -0.1) is 0 Å². The molecule has 1 aromatic carbocycles. The molecule has 0 amide bonds. The Morgan fingerprint density at radius 2 is 1.69 bits per heavy atom. The van der Waals surface area contributed by atoms with E-state index in [0.29, 0.717) is 17.0 Å². The van der Waals surface area contributed by atoms with Crippen LogP contribution in [0.4, 0.5) is 5.69 Å². The van der Waals surface area contributed by atoms with Crippen LogP contribution in [-0.2, 0) is 0 Å². The first-order chi connectivity index (χ1) is 7.65. The van der Waals surface area contributed by atoms with Crippen LogP contribution in [0.1, 0.15) is 45.0 Å². The van der Waals surface area contributed by atoms with Gasteiger partial charge in [-0.25, -0.2) is 0 Å². The monoisotopic (exact) mass is 225 g/mol. The minimum absolute atomic E-state index is 0.0323. The first-order valence-corrected chi connectivity index (χ1v) is 5.59. The van der Waals surface area contributed by atoms with Crippen LogP contribution in [0.3, 0.4) is 0 Å². The number of Topliss-reactive ketones (excluding diaryl/α,β-unsaturated/α-hetero) is 1. The second-order valence-electron chi connectivity index (χ2n) is 2.51. The summed E-state index contributed by atoms with van der Waals surface area (Å²) in [6.07, 6.45) is 0. The van der Waals surface area contributed by atoms with Crippen molar-refractivity contribution >= 4 is 11.5 Å². The number of carbonyl (C=O) groups excluding carboxylic acids is 1. The van der Waals surface area contributed by atoms with Crippen molar-refractivity contribution in [2.75, 3.05) is 12.8 Å². The highest BCUT2D eigenvalue weighted by molar-refractivity contribution is 5.99. The fraction of sp³-hybridized carbons (Fsp3) is 0.462. The van der Waals surface area contributed by atoms with E-state index >= 15 is 0 Å². The molecule has 92 valence electrons. The molecule has 16 heavy (non-hydrogen) atoms. The maximum Gasteiger partial charge on any atom is 0.161 e. The standard InChI is InChI=1S/C9H11NO2.2C2H6/c1-6(11)8-4-3-7(12-2)5-9(8)10;2*1-2/h3-5H,10H2,1-2H3;2*1-2H3. The smallest absolute Gasteiger partial charge is 0.161 e. The van der Waals surface area contributed by atoms with Crippen molar-refractivity contribution in [1.82, 2.24) is 0 Å². The number of anilines is 1. The second kappa shape index (κ2) is 10.0. The molecule has 2 N–H and O–H groups in total. The third-order valence-electron chi connectivity index (χ3n) is 1.64. The number of hydrogen-bond donors (Lipinski definition) is 1. The number of benzene rings is 1. The van der Waals surface area contributed by atoms with Gasteiger partial charge < -0.3 is 10.5 Å². The molecule has 0 heterocycles. The zero-order valence-corrected chi connectivity index (χ0v) is 11.1. The quantitative estimate of drug-likeness (QED) is 0.618. The van der Waals surface area contributed by atoms with Gasteiger partial charge in [-0.3, -0.25) is 4.79 Å². The molecule has 0 aromatic heterocycles. The van der Waals surface area contributed by atoms with Crippen LogP contribution >= 0.6 is 0 Å². The van der Waals surface area contributed by atoms with Gasteiger partial charge in [-0.1, -0.05) is 27.7 Å². The molecule has 3 nitrogen and oxygen atoms in total. The van der Waals surface area contributed by atoms with Gasteiger partial charge in [0.1, 0.15) is 5.75 Å². The molecule has 0 unspecified atom stereocenters. The maximum atomic E-state index is 10.9. The maximum absolute atomic E-state index is 10.9. The highest BCUT2D eigenvalue weighted by Gasteiger charge is 2.04. The molecule has 0 aliphatic rings. The summed E-state index contributed by atoms with van der Waals surface area (Å²) in [6, 6.07) is 5.01. The van der Waals surface area contributed by atoms with Gasteiger partial charge in [-0.2, -0.15) is 0 Å².